The lowest BCUT2D eigenvalue weighted by Gasteiger charge is -1.96. The fourth-order valence-electron chi connectivity index (χ4n) is 1.17. The third-order valence-corrected chi connectivity index (χ3v) is 2.75. The molecule has 0 spiro atoms. The van der Waals surface area contributed by atoms with Crippen LogP contribution in [0.5, 0.6) is 5.75 Å². The average Bonchev–Trinajstić information content (AvgIpc) is 2.85. The molecule has 2 rings (SSSR count). The summed E-state index contributed by atoms with van der Waals surface area (Å²) >= 11 is 1.53. The molecule has 92 valence electrons. The molecule has 1 aromatic heterocycles. The molecule has 0 amide bonds. The molecule has 7 heteroatoms. The van der Waals surface area contributed by atoms with E-state index in [0.29, 0.717) is 0 Å². The largest absolute Gasteiger partial charge is 0.497 e. The summed E-state index contributed by atoms with van der Waals surface area (Å²) in [6.07, 6.45) is 1.54. The first kappa shape index (κ1) is 15.4. The van der Waals surface area contributed by atoms with Gasteiger partial charge in [0.25, 0.3) is 0 Å². The van der Waals surface area contributed by atoms with Crippen LogP contribution in [0.2, 0.25) is 0 Å². The average molecular weight is 261 g/mol. The van der Waals surface area contributed by atoms with Crippen LogP contribution in [-0.4, -0.2) is 18.3 Å². The first-order chi connectivity index (χ1) is 8.83. The molecule has 6 nitrogen and oxygen atoms in total. The van der Waals surface area contributed by atoms with Crippen molar-refractivity contribution < 1.29 is 4.74 Å². The van der Waals surface area contributed by atoms with Gasteiger partial charge in [-0.3, -0.25) is 0 Å². The van der Waals surface area contributed by atoms with E-state index in [2.05, 4.69) is 23.2 Å². The SMILES string of the molecule is C#N.C#N.COc1ccc2nc(C=NN)sc2c1. The van der Waals surface area contributed by atoms with Gasteiger partial charge in [0.1, 0.15) is 10.8 Å². The quantitative estimate of drug-likeness (QED) is 0.504. The molecule has 0 aliphatic heterocycles. The minimum atomic E-state index is 0.802. The number of nitrogens with two attached hydrogens (primary N) is 1. The van der Waals surface area contributed by atoms with Crippen LogP contribution >= 0.6 is 11.3 Å². The lowest BCUT2D eigenvalue weighted by Crippen LogP contribution is -1.83. The van der Waals surface area contributed by atoms with Crippen molar-refractivity contribution in [1.82, 2.24) is 4.98 Å². The Bertz CT molecular complexity index is 552. The first-order valence-electron chi connectivity index (χ1n) is 4.53. The zero-order chi connectivity index (χ0) is 14.0. The van der Waals surface area contributed by atoms with Crippen molar-refractivity contribution in [2.45, 2.75) is 0 Å². The number of rotatable bonds is 2. The Balaban J connectivity index is 0.000000659. The lowest BCUT2D eigenvalue weighted by atomic mass is 10.3. The molecule has 0 radical (unpaired) electrons. The number of aromatic nitrogens is 1. The summed E-state index contributed by atoms with van der Waals surface area (Å²) in [5.74, 6) is 5.88. The van der Waals surface area contributed by atoms with E-state index in [-0.39, 0.29) is 0 Å². The fourth-order valence-corrected chi connectivity index (χ4v) is 2.04. The van der Waals surface area contributed by atoms with Crippen LogP contribution in [0.25, 0.3) is 10.2 Å². The van der Waals surface area contributed by atoms with Crippen molar-refractivity contribution in [3.8, 4) is 18.9 Å². The predicted molar refractivity (Wildman–Crippen MR) is 71.3 cm³/mol. The molecule has 0 saturated heterocycles. The highest BCUT2D eigenvalue weighted by Crippen LogP contribution is 2.25. The molecule has 0 aliphatic rings. The monoisotopic (exact) mass is 261 g/mol. The molecule has 0 bridgehead atoms. The molecule has 18 heavy (non-hydrogen) atoms. The number of benzene rings is 1. The molecular weight excluding hydrogens is 250 g/mol. The maximum absolute atomic E-state index is 6.50. The standard InChI is InChI=1S/C9H9N3OS.2CHN/c1-13-6-2-3-7-8(4-6)14-9(12-7)5-11-10;2*1-2/h2-5H,10H2,1H3;2*1H. The minimum absolute atomic E-state index is 0.802. The van der Waals surface area contributed by atoms with Gasteiger partial charge in [-0.05, 0) is 18.2 Å². The molecule has 1 heterocycles. The van der Waals surface area contributed by atoms with Gasteiger partial charge in [-0.2, -0.15) is 5.10 Å². The van der Waals surface area contributed by atoms with E-state index in [1.807, 2.05) is 18.2 Å². The first-order valence-corrected chi connectivity index (χ1v) is 5.34. The normalized spacial score (nSPS) is 8.94. The number of fused-ring (bicyclic) bond motifs is 1. The molecule has 2 aromatic rings. The molecule has 0 atom stereocenters. The Kier molecular flexibility index (Phi) is 7.26. The van der Waals surface area contributed by atoms with Gasteiger partial charge in [0.2, 0.25) is 0 Å². The van der Waals surface area contributed by atoms with Crippen molar-refractivity contribution in [1.29, 1.82) is 10.5 Å². The molecule has 0 unspecified atom stereocenters. The van der Waals surface area contributed by atoms with Crippen molar-refractivity contribution in [3.63, 3.8) is 0 Å². The Morgan fingerprint density at radius 3 is 2.61 bits per heavy atom. The van der Waals surface area contributed by atoms with Crippen LogP contribution in [0.1, 0.15) is 5.01 Å². The zero-order valence-electron chi connectivity index (χ0n) is 9.65. The number of hydrogen-bond donors (Lipinski definition) is 1. The summed E-state index contributed by atoms with van der Waals surface area (Å²) in [7, 11) is 1.64. The van der Waals surface area contributed by atoms with Gasteiger partial charge >= 0.3 is 0 Å². The van der Waals surface area contributed by atoms with Gasteiger partial charge in [-0.1, -0.05) is 0 Å². The van der Waals surface area contributed by atoms with Crippen LogP contribution in [0, 0.1) is 23.7 Å². The van der Waals surface area contributed by atoms with Crippen molar-refractivity contribution >= 4 is 27.8 Å². The summed E-state index contributed by atoms with van der Waals surface area (Å²) in [6, 6.07) is 5.74. The van der Waals surface area contributed by atoms with Gasteiger partial charge in [-0.15, -0.1) is 11.3 Å². The second-order valence-electron chi connectivity index (χ2n) is 2.66. The second kappa shape index (κ2) is 8.50. The molecule has 0 fully saturated rings. The van der Waals surface area contributed by atoms with Gasteiger partial charge in [-0.25, -0.2) is 15.5 Å². The molecule has 0 saturated carbocycles. The van der Waals surface area contributed by atoms with Gasteiger partial charge < -0.3 is 10.6 Å². The van der Waals surface area contributed by atoms with E-state index in [0.717, 1.165) is 21.0 Å². The van der Waals surface area contributed by atoms with Crippen molar-refractivity contribution in [3.05, 3.63) is 23.2 Å². The fraction of sp³-hybridized carbons (Fsp3) is 0.0909. The maximum Gasteiger partial charge on any atom is 0.137 e. The van der Waals surface area contributed by atoms with Crippen LogP contribution in [0.3, 0.4) is 0 Å². The lowest BCUT2D eigenvalue weighted by molar-refractivity contribution is 0.415. The van der Waals surface area contributed by atoms with Crippen LogP contribution in [0.4, 0.5) is 0 Å². The molecule has 1 aromatic carbocycles. The topological polar surface area (TPSA) is 108 Å². The molecule has 2 N–H and O–H groups in total. The summed E-state index contributed by atoms with van der Waals surface area (Å²) < 4.78 is 6.18. The number of ether oxygens (including phenoxy) is 1. The number of hydrazone groups is 1. The molecular formula is C11H11N5OS. The highest BCUT2D eigenvalue weighted by molar-refractivity contribution is 7.20. The number of nitrogens with zero attached hydrogens (tertiary/aromatic N) is 4. The van der Waals surface area contributed by atoms with E-state index >= 15 is 0 Å². The highest BCUT2D eigenvalue weighted by Gasteiger charge is 2.02. The van der Waals surface area contributed by atoms with Crippen LogP contribution < -0.4 is 10.6 Å². The zero-order valence-corrected chi connectivity index (χ0v) is 10.5. The third-order valence-electron chi connectivity index (χ3n) is 1.80. The van der Waals surface area contributed by atoms with E-state index in [1.54, 1.807) is 7.11 Å². The summed E-state index contributed by atoms with van der Waals surface area (Å²) in [5.41, 5.74) is 0.936. The Morgan fingerprint density at radius 1 is 1.39 bits per heavy atom. The van der Waals surface area contributed by atoms with Gasteiger partial charge in [0.05, 0.1) is 23.5 Å². The van der Waals surface area contributed by atoms with Gasteiger partial charge in [0.15, 0.2) is 0 Å². The Hall–Kier alpha value is -2.64. The predicted octanol–water partition coefficient (Wildman–Crippen LogP) is 1.88. The van der Waals surface area contributed by atoms with Crippen molar-refractivity contribution in [2.75, 3.05) is 7.11 Å². The number of hydrogen-bond acceptors (Lipinski definition) is 7. The number of methoxy groups -OCH3 is 1. The number of thiazole rings is 1. The Morgan fingerprint density at radius 2 is 2.06 bits per heavy atom. The highest BCUT2D eigenvalue weighted by atomic mass is 32.1. The summed E-state index contributed by atoms with van der Waals surface area (Å²) in [4.78, 5) is 4.31. The van der Waals surface area contributed by atoms with E-state index in [1.165, 1.54) is 17.6 Å². The second-order valence-corrected chi connectivity index (χ2v) is 3.73. The van der Waals surface area contributed by atoms with Crippen LogP contribution in [-0.2, 0) is 0 Å². The minimum Gasteiger partial charge on any atom is -0.497 e. The summed E-state index contributed by atoms with van der Waals surface area (Å²) in [5, 5.41) is 17.2. The summed E-state index contributed by atoms with van der Waals surface area (Å²) in [6.45, 7) is 7.00. The van der Waals surface area contributed by atoms with E-state index in [9.17, 15) is 0 Å². The van der Waals surface area contributed by atoms with E-state index < -0.39 is 0 Å². The third kappa shape index (κ3) is 3.74. The molecule has 0 aliphatic carbocycles. The maximum atomic E-state index is 6.50. The van der Waals surface area contributed by atoms with Gasteiger partial charge in [0, 0.05) is 13.1 Å². The van der Waals surface area contributed by atoms with Crippen molar-refractivity contribution in [2.24, 2.45) is 10.9 Å². The number of nitriles is 2. The van der Waals surface area contributed by atoms with Crippen LogP contribution in [0.15, 0.2) is 23.3 Å². The smallest absolute Gasteiger partial charge is 0.137 e. The van der Waals surface area contributed by atoms with E-state index in [4.69, 9.17) is 21.1 Å². The Labute approximate surface area is 109 Å².